The van der Waals surface area contributed by atoms with Crippen LogP contribution in [0.15, 0.2) is 29.2 Å². The van der Waals surface area contributed by atoms with Crippen LogP contribution in [-0.4, -0.2) is 41.0 Å². The van der Waals surface area contributed by atoms with Crippen LogP contribution in [0.5, 0.6) is 0 Å². The highest BCUT2D eigenvalue weighted by atomic mass is 35.5. The number of rotatable bonds is 6. The normalized spacial score (nSPS) is 12.4. The zero-order chi connectivity index (χ0) is 15.3. The van der Waals surface area contributed by atoms with Crippen molar-refractivity contribution in [2.24, 2.45) is 0 Å². The molecule has 0 fully saturated rings. The van der Waals surface area contributed by atoms with Crippen LogP contribution in [0.3, 0.4) is 0 Å². The number of amides is 1. The van der Waals surface area contributed by atoms with E-state index in [1.54, 1.807) is 26.2 Å². The zero-order valence-electron chi connectivity index (χ0n) is 12.6. The second-order valence-electron chi connectivity index (χ2n) is 4.61. The first-order chi connectivity index (χ1) is 9.27. The number of halogens is 1. The number of nitrogens with one attached hydrogen (secondary N) is 2. The molecule has 120 valence electrons. The van der Waals surface area contributed by atoms with E-state index in [0.717, 1.165) is 0 Å². The minimum Gasteiger partial charge on any atom is -0.316 e. The minimum atomic E-state index is -3.52. The maximum Gasteiger partial charge on any atom is 0.240 e. The van der Waals surface area contributed by atoms with Crippen LogP contribution in [0.4, 0.5) is 5.69 Å². The Morgan fingerprint density at radius 1 is 1.29 bits per heavy atom. The first-order valence-corrected chi connectivity index (χ1v) is 7.77. The van der Waals surface area contributed by atoms with Crippen LogP contribution >= 0.6 is 12.4 Å². The van der Waals surface area contributed by atoms with Gasteiger partial charge in [0.2, 0.25) is 15.9 Å². The monoisotopic (exact) mass is 335 g/mol. The highest BCUT2D eigenvalue weighted by Gasteiger charge is 2.15. The average Bonchev–Trinajstić information content (AvgIpc) is 2.44. The third-order valence-corrected chi connectivity index (χ3v) is 4.52. The molecule has 0 aromatic heterocycles. The van der Waals surface area contributed by atoms with E-state index < -0.39 is 10.0 Å². The Morgan fingerprint density at radius 2 is 1.81 bits per heavy atom. The van der Waals surface area contributed by atoms with Gasteiger partial charge in [-0.25, -0.2) is 13.1 Å². The van der Waals surface area contributed by atoms with Crippen LogP contribution in [-0.2, 0) is 14.8 Å². The van der Waals surface area contributed by atoms with E-state index in [-0.39, 0.29) is 29.3 Å². The molecule has 21 heavy (non-hydrogen) atoms. The molecule has 1 amide bonds. The van der Waals surface area contributed by atoms with Crippen molar-refractivity contribution < 1.29 is 13.2 Å². The van der Waals surface area contributed by atoms with Crippen molar-refractivity contribution in [3.63, 3.8) is 0 Å². The van der Waals surface area contributed by atoms with Gasteiger partial charge in [0.15, 0.2) is 0 Å². The number of carbonyl (C=O) groups is 1. The largest absolute Gasteiger partial charge is 0.316 e. The summed E-state index contributed by atoms with van der Waals surface area (Å²) in [5.74, 6) is -0.110. The summed E-state index contributed by atoms with van der Waals surface area (Å²) >= 11 is 0. The Bertz CT molecular complexity index is 561. The Hall–Kier alpha value is -1.15. The summed E-state index contributed by atoms with van der Waals surface area (Å²) in [6, 6.07) is 6.24. The van der Waals surface area contributed by atoms with E-state index in [9.17, 15) is 13.2 Å². The van der Waals surface area contributed by atoms with E-state index in [0.29, 0.717) is 12.2 Å². The molecule has 0 heterocycles. The van der Waals surface area contributed by atoms with E-state index in [1.165, 1.54) is 24.0 Å². The van der Waals surface area contributed by atoms with Crippen LogP contribution in [0.1, 0.15) is 13.8 Å². The van der Waals surface area contributed by atoms with Crippen molar-refractivity contribution in [2.75, 3.05) is 25.5 Å². The molecule has 1 aromatic rings. The zero-order valence-corrected chi connectivity index (χ0v) is 14.2. The molecular weight excluding hydrogens is 314 g/mol. The van der Waals surface area contributed by atoms with Gasteiger partial charge >= 0.3 is 0 Å². The van der Waals surface area contributed by atoms with Crippen LogP contribution in [0.2, 0.25) is 0 Å². The summed E-state index contributed by atoms with van der Waals surface area (Å²) in [5, 5.41) is 2.95. The number of hydrogen-bond donors (Lipinski definition) is 2. The molecule has 0 aliphatic carbocycles. The van der Waals surface area contributed by atoms with Gasteiger partial charge in [-0.2, -0.15) is 0 Å². The van der Waals surface area contributed by atoms with Gasteiger partial charge < -0.3 is 10.2 Å². The molecule has 0 radical (unpaired) electrons. The van der Waals surface area contributed by atoms with Crippen molar-refractivity contribution in [1.82, 2.24) is 10.0 Å². The van der Waals surface area contributed by atoms with Crippen molar-refractivity contribution in [1.29, 1.82) is 0 Å². The van der Waals surface area contributed by atoms with Gasteiger partial charge in [0.25, 0.3) is 0 Å². The molecule has 1 atom stereocenters. The van der Waals surface area contributed by atoms with Gasteiger partial charge in [0.05, 0.1) is 4.90 Å². The van der Waals surface area contributed by atoms with Gasteiger partial charge in [-0.15, -0.1) is 12.4 Å². The van der Waals surface area contributed by atoms with Crippen molar-refractivity contribution in [3.8, 4) is 0 Å². The smallest absolute Gasteiger partial charge is 0.240 e. The van der Waals surface area contributed by atoms with E-state index >= 15 is 0 Å². The SMILES string of the molecule is CNC(C)CNS(=O)(=O)c1ccc(N(C)C(C)=O)cc1.Cl. The summed E-state index contributed by atoms with van der Waals surface area (Å²) < 4.78 is 26.6. The maximum absolute atomic E-state index is 12.0. The maximum atomic E-state index is 12.0. The lowest BCUT2D eigenvalue weighted by Gasteiger charge is -2.16. The summed E-state index contributed by atoms with van der Waals surface area (Å²) in [5.41, 5.74) is 0.653. The average molecular weight is 336 g/mol. The lowest BCUT2D eigenvalue weighted by Crippen LogP contribution is -2.37. The second kappa shape index (κ2) is 8.33. The first-order valence-electron chi connectivity index (χ1n) is 6.29. The molecule has 1 unspecified atom stereocenters. The molecular formula is C13H22ClN3O3S. The van der Waals surface area contributed by atoms with Crippen molar-refractivity contribution in [2.45, 2.75) is 24.8 Å². The first kappa shape index (κ1) is 19.9. The minimum absolute atomic E-state index is 0. The Balaban J connectivity index is 0.00000400. The van der Waals surface area contributed by atoms with E-state index in [2.05, 4.69) is 10.0 Å². The Kier molecular flexibility index (Phi) is 7.87. The van der Waals surface area contributed by atoms with Gasteiger partial charge in [-0.3, -0.25) is 4.79 Å². The lowest BCUT2D eigenvalue weighted by atomic mass is 10.3. The quantitative estimate of drug-likeness (QED) is 0.812. The number of benzene rings is 1. The number of anilines is 1. The van der Waals surface area contributed by atoms with Crippen LogP contribution < -0.4 is 14.9 Å². The number of hydrogen-bond acceptors (Lipinski definition) is 4. The number of carbonyl (C=O) groups excluding carboxylic acids is 1. The predicted octanol–water partition coefficient (Wildman–Crippen LogP) is 0.977. The molecule has 2 N–H and O–H groups in total. The van der Waals surface area contributed by atoms with Gasteiger partial charge in [0, 0.05) is 32.2 Å². The molecule has 8 heteroatoms. The molecule has 1 rings (SSSR count). The highest BCUT2D eigenvalue weighted by molar-refractivity contribution is 7.89. The third kappa shape index (κ3) is 5.62. The molecule has 6 nitrogen and oxygen atoms in total. The Labute approximate surface area is 132 Å². The van der Waals surface area contributed by atoms with Crippen LogP contribution in [0.25, 0.3) is 0 Å². The molecule has 0 aliphatic rings. The van der Waals surface area contributed by atoms with Gasteiger partial charge in [-0.1, -0.05) is 0 Å². The molecule has 0 saturated heterocycles. The van der Waals surface area contributed by atoms with Gasteiger partial charge in [0.1, 0.15) is 0 Å². The molecule has 0 saturated carbocycles. The second-order valence-corrected chi connectivity index (χ2v) is 6.38. The summed E-state index contributed by atoms with van der Waals surface area (Å²) in [6.45, 7) is 3.65. The molecule has 0 aliphatic heterocycles. The summed E-state index contributed by atoms with van der Waals surface area (Å²) in [7, 11) is -0.115. The predicted molar refractivity (Wildman–Crippen MR) is 86.5 cm³/mol. The molecule has 0 spiro atoms. The summed E-state index contributed by atoms with van der Waals surface area (Å²) in [6.07, 6.45) is 0. The topological polar surface area (TPSA) is 78.5 Å². The fourth-order valence-electron chi connectivity index (χ4n) is 1.45. The standard InChI is InChI=1S/C13H21N3O3S.ClH/c1-10(14-3)9-15-20(18,19)13-7-5-12(6-8-13)16(4)11(2)17;/h5-8,10,14-15H,9H2,1-4H3;1H. The summed E-state index contributed by atoms with van der Waals surface area (Å²) in [4.78, 5) is 12.9. The number of sulfonamides is 1. The Morgan fingerprint density at radius 3 is 2.24 bits per heavy atom. The van der Waals surface area contributed by atoms with Crippen LogP contribution in [0, 0.1) is 0 Å². The lowest BCUT2D eigenvalue weighted by molar-refractivity contribution is -0.116. The highest BCUT2D eigenvalue weighted by Crippen LogP contribution is 2.16. The van der Waals surface area contributed by atoms with Crippen molar-refractivity contribution >= 4 is 34.0 Å². The fraction of sp³-hybridized carbons (Fsp3) is 0.462. The van der Waals surface area contributed by atoms with E-state index in [4.69, 9.17) is 0 Å². The number of likely N-dealkylation sites (N-methyl/N-ethyl adjacent to an activating group) is 1. The van der Waals surface area contributed by atoms with Crippen molar-refractivity contribution in [3.05, 3.63) is 24.3 Å². The molecule has 0 bridgehead atoms. The number of nitrogens with zero attached hydrogens (tertiary/aromatic N) is 1. The molecule has 1 aromatic carbocycles. The van der Waals surface area contributed by atoms with E-state index in [1.807, 2.05) is 6.92 Å². The fourth-order valence-corrected chi connectivity index (χ4v) is 2.58. The third-order valence-electron chi connectivity index (χ3n) is 3.08. The van der Waals surface area contributed by atoms with Gasteiger partial charge in [-0.05, 0) is 38.2 Å².